The van der Waals surface area contributed by atoms with Crippen LogP contribution in [0.1, 0.15) is 50.5 Å². The summed E-state index contributed by atoms with van der Waals surface area (Å²) in [6.45, 7) is 6.91. The van der Waals surface area contributed by atoms with Gasteiger partial charge in [-0.05, 0) is 48.3 Å². The topological polar surface area (TPSA) is 47.0 Å². The predicted octanol–water partition coefficient (Wildman–Crippen LogP) is 3.36. The van der Waals surface area contributed by atoms with E-state index in [2.05, 4.69) is 41.8 Å². The van der Waals surface area contributed by atoms with Gasteiger partial charge in [0.05, 0.1) is 15.9 Å². The molecule has 5 heteroatoms. The summed E-state index contributed by atoms with van der Waals surface area (Å²) < 4.78 is 6.72. The van der Waals surface area contributed by atoms with E-state index in [9.17, 15) is 0 Å². The lowest BCUT2D eigenvalue weighted by atomic mass is 10.0. The fourth-order valence-electron chi connectivity index (χ4n) is 2.23. The molecule has 0 bridgehead atoms. The second kappa shape index (κ2) is 7.38. The van der Waals surface area contributed by atoms with E-state index in [0.29, 0.717) is 5.92 Å². The Hall–Kier alpha value is -0.430. The van der Waals surface area contributed by atoms with Crippen LogP contribution in [0, 0.1) is 3.57 Å². The van der Waals surface area contributed by atoms with Crippen LogP contribution in [0.2, 0.25) is 0 Å². The van der Waals surface area contributed by atoms with Crippen molar-refractivity contribution >= 4 is 28.4 Å². The van der Waals surface area contributed by atoms with Gasteiger partial charge in [-0.25, -0.2) is 9.97 Å². The molecule has 0 aromatic carbocycles. The average molecular weight is 375 g/mol. The Morgan fingerprint density at radius 2 is 2.21 bits per heavy atom. The lowest BCUT2D eigenvalue weighted by Gasteiger charge is -2.22. The molecule has 1 aromatic rings. The normalized spacial score (nSPS) is 19.4. The molecule has 106 valence electrons. The second-order valence-electron chi connectivity index (χ2n) is 4.89. The lowest BCUT2D eigenvalue weighted by molar-refractivity contribution is 0.0780. The van der Waals surface area contributed by atoms with Crippen LogP contribution in [0.3, 0.4) is 0 Å². The lowest BCUT2D eigenvalue weighted by Crippen LogP contribution is -2.20. The smallest absolute Gasteiger partial charge is 0.143 e. The number of nitrogens with zero attached hydrogens (tertiary/aromatic N) is 2. The number of hydrogen-bond donors (Lipinski definition) is 1. The van der Waals surface area contributed by atoms with Gasteiger partial charge in [0.15, 0.2) is 0 Å². The van der Waals surface area contributed by atoms with Gasteiger partial charge < -0.3 is 10.1 Å². The molecule has 1 aliphatic heterocycles. The van der Waals surface area contributed by atoms with Crippen LogP contribution >= 0.6 is 22.6 Å². The predicted molar refractivity (Wildman–Crippen MR) is 85.7 cm³/mol. The highest BCUT2D eigenvalue weighted by molar-refractivity contribution is 14.1. The van der Waals surface area contributed by atoms with Gasteiger partial charge in [-0.3, -0.25) is 0 Å². The standard InChI is InChI=1S/C14H22IN3O/c1-3-7-16-14-12(15)11(4-2)17-13(18-14)10-6-5-8-19-9-10/h10H,3-9H2,1-2H3,(H,16,17,18). The molecule has 19 heavy (non-hydrogen) atoms. The van der Waals surface area contributed by atoms with Crippen molar-refractivity contribution in [2.24, 2.45) is 0 Å². The van der Waals surface area contributed by atoms with Crippen LogP contribution < -0.4 is 5.32 Å². The van der Waals surface area contributed by atoms with E-state index in [0.717, 1.165) is 66.3 Å². The maximum Gasteiger partial charge on any atom is 0.143 e. The van der Waals surface area contributed by atoms with Crippen molar-refractivity contribution in [1.82, 2.24) is 9.97 Å². The Bertz CT molecular complexity index is 419. The first-order valence-corrected chi connectivity index (χ1v) is 8.22. The molecule has 1 aliphatic rings. The number of aryl methyl sites for hydroxylation is 1. The summed E-state index contributed by atoms with van der Waals surface area (Å²) in [5.41, 5.74) is 1.15. The van der Waals surface area contributed by atoms with Crippen LogP contribution in [0.4, 0.5) is 5.82 Å². The average Bonchev–Trinajstić information content (AvgIpc) is 2.47. The van der Waals surface area contributed by atoms with E-state index in [-0.39, 0.29) is 0 Å². The third kappa shape index (κ3) is 3.78. The molecule has 1 unspecified atom stereocenters. The van der Waals surface area contributed by atoms with Gasteiger partial charge in [-0.2, -0.15) is 0 Å². The van der Waals surface area contributed by atoms with Crippen LogP contribution in [-0.2, 0) is 11.2 Å². The number of aromatic nitrogens is 2. The zero-order chi connectivity index (χ0) is 13.7. The van der Waals surface area contributed by atoms with E-state index in [1.165, 1.54) is 0 Å². The minimum Gasteiger partial charge on any atom is -0.381 e. The Morgan fingerprint density at radius 1 is 1.37 bits per heavy atom. The first-order chi connectivity index (χ1) is 9.26. The highest BCUT2D eigenvalue weighted by Crippen LogP contribution is 2.27. The molecule has 4 nitrogen and oxygen atoms in total. The zero-order valence-corrected chi connectivity index (χ0v) is 13.9. The number of ether oxygens (including phenoxy) is 1. The van der Waals surface area contributed by atoms with Gasteiger partial charge in [0.1, 0.15) is 11.6 Å². The molecule has 0 radical (unpaired) electrons. The van der Waals surface area contributed by atoms with Crippen molar-refractivity contribution in [2.75, 3.05) is 25.1 Å². The fourth-order valence-corrected chi connectivity index (χ4v) is 3.05. The van der Waals surface area contributed by atoms with Crippen molar-refractivity contribution in [3.8, 4) is 0 Å². The SMILES string of the molecule is CCCNc1nc(C2CCCOC2)nc(CC)c1I. The van der Waals surface area contributed by atoms with Crippen LogP contribution in [0.5, 0.6) is 0 Å². The molecule has 1 fully saturated rings. The highest BCUT2D eigenvalue weighted by Gasteiger charge is 2.21. The Kier molecular flexibility index (Phi) is 5.81. The number of nitrogens with one attached hydrogen (secondary N) is 1. The highest BCUT2D eigenvalue weighted by atomic mass is 127. The minimum atomic E-state index is 0.359. The van der Waals surface area contributed by atoms with Crippen molar-refractivity contribution < 1.29 is 4.74 Å². The fraction of sp³-hybridized carbons (Fsp3) is 0.714. The number of hydrogen-bond acceptors (Lipinski definition) is 4. The molecule has 1 N–H and O–H groups in total. The number of anilines is 1. The molecular weight excluding hydrogens is 353 g/mol. The van der Waals surface area contributed by atoms with Gasteiger partial charge in [-0.15, -0.1) is 0 Å². The van der Waals surface area contributed by atoms with E-state index in [4.69, 9.17) is 14.7 Å². The van der Waals surface area contributed by atoms with Gasteiger partial charge in [-0.1, -0.05) is 13.8 Å². The number of rotatable bonds is 5. The van der Waals surface area contributed by atoms with Crippen molar-refractivity contribution in [1.29, 1.82) is 0 Å². The van der Waals surface area contributed by atoms with Gasteiger partial charge >= 0.3 is 0 Å². The Labute approximate surface area is 128 Å². The van der Waals surface area contributed by atoms with E-state index in [1.54, 1.807) is 0 Å². The van der Waals surface area contributed by atoms with Crippen LogP contribution in [0.25, 0.3) is 0 Å². The monoisotopic (exact) mass is 375 g/mol. The van der Waals surface area contributed by atoms with Crippen molar-refractivity contribution in [3.63, 3.8) is 0 Å². The maximum atomic E-state index is 5.56. The van der Waals surface area contributed by atoms with Crippen LogP contribution in [0.15, 0.2) is 0 Å². The summed E-state index contributed by atoms with van der Waals surface area (Å²) in [5, 5.41) is 3.42. The summed E-state index contributed by atoms with van der Waals surface area (Å²) >= 11 is 2.35. The van der Waals surface area contributed by atoms with E-state index < -0.39 is 0 Å². The van der Waals surface area contributed by atoms with Gasteiger partial charge in [0.2, 0.25) is 0 Å². The summed E-state index contributed by atoms with van der Waals surface area (Å²) in [6.07, 6.45) is 4.29. The number of halogens is 1. The minimum absolute atomic E-state index is 0.359. The molecule has 0 amide bonds. The first kappa shape index (κ1) is 15.0. The molecule has 0 aliphatic carbocycles. The molecule has 1 saturated heterocycles. The van der Waals surface area contributed by atoms with Crippen molar-refractivity contribution in [2.45, 2.75) is 45.4 Å². The van der Waals surface area contributed by atoms with E-state index in [1.807, 2.05) is 0 Å². The van der Waals surface area contributed by atoms with E-state index >= 15 is 0 Å². The molecule has 1 atom stereocenters. The largest absolute Gasteiger partial charge is 0.381 e. The molecule has 2 heterocycles. The Balaban J connectivity index is 2.26. The third-order valence-electron chi connectivity index (χ3n) is 3.34. The van der Waals surface area contributed by atoms with Crippen molar-refractivity contribution in [3.05, 3.63) is 15.1 Å². The van der Waals surface area contributed by atoms with Crippen LogP contribution in [-0.4, -0.2) is 29.7 Å². The molecule has 1 aromatic heterocycles. The summed E-state index contributed by atoms with van der Waals surface area (Å²) in [4.78, 5) is 9.48. The van der Waals surface area contributed by atoms with Gasteiger partial charge in [0.25, 0.3) is 0 Å². The zero-order valence-electron chi connectivity index (χ0n) is 11.7. The summed E-state index contributed by atoms with van der Waals surface area (Å²) in [7, 11) is 0. The quantitative estimate of drug-likeness (QED) is 0.802. The first-order valence-electron chi connectivity index (χ1n) is 7.14. The Morgan fingerprint density at radius 3 is 2.84 bits per heavy atom. The summed E-state index contributed by atoms with van der Waals surface area (Å²) in [6, 6.07) is 0. The summed E-state index contributed by atoms with van der Waals surface area (Å²) in [5.74, 6) is 2.31. The van der Waals surface area contributed by atoms with Gasteiger partial charge in [0, 0.05) is 19.1 Å². The second-order valence-corrected chi connectivity index (χ2v) is 5.96. The molecular formula is C14H22IN3O. The molecule has 2 rings (SSSR count). The third-order valence-corrected chi connectivity index (χ3v) is 4.47. The molecule has 0 spiro atoms. The molecule has 0 saturated carbocycles. The maximum absolute atomic E-state index is 5.56.